The number of hydrogen-bond acceptors (Lipinski definition) is 2. The average molecular weight is 223 g/mol. The summed E-state index contributed by atoms with van der Waals surface area (Å²) in [6.07, 6.45) is 0.636. The molecular formula is C13H18FNO. The zero-order valence-electron chi connectivity index (χ0n) is 9.78. The van der Waals surface area contributed by atoms with E-state index in [1.54, 1.807) is 6.07 Å². The van der Waals surface area contributed by atoms with E-state index in [1.807, 2.05) is 6.07 Å². The fourth-order valence-electron chi connectivity index (χ4n) is 2.49. The van der Waals surface area contributed by atoms with Crippen molar-refractivity contribution in [2.45, 2.75) is 32.2 Å². The molecule has 1 N–H and O–H groups in total. The molecule has 1 aromatic carbocycles. The number of rotatable bonds is 3. The monoisotopic (exact) mass is 223 g/mol. The smallest absolute Gasteiger partial charge is 0.128 e. The maximum Gasteiger partial charge on any atom is 0.128 e. The van der Waals surface area contributed by atoms with Crippen LogP contribution in [-0.2, 0) is 0 Å². The zero-order chi connectivity index (χ0) is 11.7. The lowest BCUT2D eigenvalue weighted by molar-refractivity contribution is 0.276. The normalized spacial score (nSPS) is 19.3. The lowest BCUT2D eigenvalue weighted by atomic mass is 9.98. The largest absolute Gasteiger partial charge is 0.396 e. The number of halogens is 1. The molecule has 1 heterocycles. The highest BCUT2D eigenvalue weighted by atomic mass is 19.1. The van der Waals surface area contributed by atoms with E-state index in [0.29, 0.717) is 12.5 Å². The third-order valence-electron chi connectivity index (χ3n) is 3.27. The van der Waals surface area contributed by atoms with Crippen molar-refractivity contribution >= 4 is 5.69 Å². The van der Waals surface area contributed by atoms with Gasteiger partial charge >= 0.3 is 0 Å². The third kappa shape index (κ3) is 1.80. The Hall–Kier alpha value is -1.09. The summed E-state index contributed by atoms with van der Waals surface area (Å²) in [6.45, 7) is 5.14. The Bertz CT molecular complexity index is 378. The second-order valence-electron chi connectivity index (χ2n) is 4.63. The second-order valence-corrected chi connectivity index (χ2v) is 4.63. The zero-order valence-corrected chi connectivity index (χ0v) is 9.78. The van der Waals surface area contributed by atoms with Gasteiger partial charge in [0.05, 0.1) is 0 Å². The molecule has 3 heteroatoms. The highest BCUT2D eigenvalue weighted by Crippen LogP contribution is 2.40. The SMILES string of the molecule is CC(C)N1CC(CCO)c2c(F)cccc21. The number of aliphatic hydroxyl groups excluding tert-OH is 1. The van der Waals surface area contributed by atoms with Gasteiger partial charge in [-0.1, -0.05) is 6.07 Å². The summed E-state index contributed by atoms with van der Waals surface area (Å²) in [5.41, 5.74) is 1.78. The van der Waals surface area contributed by atoms with E-state index in [2.05, 4.69) is 18.7 Å². The number of aliphatic hydroxyl groups is 1. The van der Waals surface area contributed by atoms with Gasteiger partial charge in [-0.15, -0.1) is 0 Å². The fourth-order valence-corrected chi connectivity index (χ4v) is 2.49. The van der Waals surface area contributed by atoms with Crippen LogP contribution in [0.2, 0.25) is 0 Å². The van der Waals surface area contributed by atoms with Crippen molar-refractivity contribution in [3.63, 3.8) is 0 Å². The minimum atomic E-state index is -0.140. The van der Waals surface area contributed by atoms with E-state index in [0.717, 1.165) is 17.8 Å². The second kappa shape index (κ2) is 4.42. The van der Waals surface area contributed by atoms with Crippen LogP contribution in [0.5, 0.6) is 0 Å². The first-order valence-electron chi connectivity index (χ1n) is 5.81. The van der Waals surface area contributed by atoms with Gasteiger partial charge < -0.3 is 10.0 Å². The van der Waals surface area contributed by atoms with Crippen LogP contribution in [0.3, 0.4) is 0 Å². The molecule has 1 aromatic rings. The first-order valence-corrected chi connectivity index (χ1v) is 5.81. The molecule has 0 saturated heterocycles. The number of nitrogens with zero attached hydrogens (tertiary/aromatic N) is 1. The quantitative estimate of drug-likeness (QED) is 0.851. The van der Waals surface area contributed by atoms with Gasteiger partial charge in [-0.25, -0.2) is 4.39 Å². The van der Waals surface area contributed by atoms with Gasteiger partial charge in [0.2, 0.25) is 0 Å². The van der Waals surface area contributed by atoms with Crippen molar-refractivity contribution in [2.75, 3.05) is 18.1 Å². The average Bonchev–Trinajstić information content (AvgIpc) is 2.59. The Balaban J connectivity index is 2.40. The molecule has 16 heavy (non-hydrogen) atoms. The predicted molar refractivity (Wildman–Crippen MR) is 63.3 cm³/mol. The van der Waals surface area contributed by atoms with Crippen LogP contribution in [0.15, 0.2) is 18.2 Å². The number of fused-ring (bicyclic) bond motifs is 1. The maximum absolute atomic E-state index is 13.8. The molecule has 1 aliphatic heterocycles. The third-order valence-corrected chi connectivity index (χ3v) is 3.27. The lowest BCUT2D eigenvalue weighted by Crippen LogP contribution is -2.29. The minimum absolute atomic E-state index is 0.115. The van der Waals surface area contributed by atoms with Crippen LogP contribution in [0.4, 0.5) is 10.1 Å². The molecule has 0 spiro atoms. The molecule has 0 radical (unpaired) electrons. The molecule has 0 amide bonds. The topological polar surface area (TPSA) is 23.5 Å². The number of hydrogen-bond donors (Lipinski definition) is 1. The van der Waals surface area contributed by atoms with Crippen LogP contribution in [0, 0.1) is 5.82 Å². The van der Waals surface area contributed by atoms with Gasteiger partial charge in [-0.2, -0.15) is 0 Å². The summed E-state index contributed by atoms with van der Waals surface area (Å²) in [5, 5.41) is 9.03. The molecule has 1 unspecified atom stereocenters. The first-order chi connectivity index (χ1) is 7.65. The molecule has 2 rings (SSSR count). The molecule has 0 aliphatic carbocycles. The van der Waals surface area contributed by atoms with E-state index in [9.17, 15) is 4.39 Å². The Morgan fingerprint density at radius 1 is 1.50 bits per heavy atom. The van der Waals surface area contributed by atoms with E-state index < -0.39 is 0 Å². The van der Waals surface area contributed by atoms with Crippen LogP contribution in [-0.4, -0.2) is 24.3 Å². The summed E-state index contributed by atoms with van der Waals surface area (Å²) in [5.74, 6) is -0.0114. The summed E-state index contributed by atoms with van der Waals surface area (Å²) in [7, 11) is 0. The molecule has 0 fully saturated rings. The standard InChI is InChI=1S/C13H18FNO/c1-9(2)15-8-10(6-7-16)13-11(14)4-3-5-12(13)15/h3-5,9-10,16H,6-8H2,1-2H3. The van der Waals surface area contributed by atoms with Gasteiger partial charge in [0, 0.05) is 36.4 Å². The van der Waals surface area contributed by atoms with Crippen molar-refractivity contribution in [3.8, 4) is 0 Å². The maximum atomic E-state index is 13.8. The van der Waals surface area contributed by atoms with Crippen LogP contribution in [0.25, 0.3) is 0 Å². The van der Waals surface area contributed by atoms with Gasteiger partial charge in [0.15, 0.2) is 0 Å². The summed E-state index contributed by atoms with van der Waals surface area (Å²) >= 11 is 0. The van der Waals surface area contributed by atoms with E-state index >= 15 is 0 Å². The predicted octanol–water partition coefficient (Wildman–Crippen LogP) is 2.52. The molecule has 1 atom stereocenters. The fraction of sp³-hybridized carbons (Fsp3) is 0.538. The molecule has 0 bridgehead atoms. The molecule has 0 aromatic heterocycles. The van der Waals surface area contributed by atoms with Crippen LogP contribution < -0.4 is 4.90 Å². The van der Waals surface area contributed by atoms with Crippen LogP contribution in [0.1, 0.15) is 31.7 Å². The van der Waals surface area contributed by atoms with E-state index in [-0.39, 0.29) is 18.3 Å². The van der Waals surface area contributed by atoms with Crippen molar-refractivity contribution in [3.05, 3.63) is 29.6 Å². The molecule has 1 aliphatic rings. The summed E-state index contributed by atoms with van der Waals surface area (Å²) in [4.78, 5) is 2.21. The number of benzene rings is 1. The lowest BCUT2D eigenvalue weighted by Gasteiger charge is -2.24. The summed E-state index contributed by atoms with van der Waals surface area (Å²) in [6, 6.07) is 5.59. The van der Waals surface area contributed by atoms with Gasteiger partial charge in [-0.3, -0.25) is 0 Å². The van der Waals surface area contributed by atoms with Gasteiger partial charge in [-0.05, 0) is 32.4 Å². The van der Waals surface area contributed by atoms with E-state index in [1.165, 1.54) is 6.07 Å². The van der Waals surface area contributed by atoms with Crippen molar-refractivity contribution in [1.29, 1.82) is 0 Å². The molecule has 2 nitrogen and oxygen atoms in total. The highest BCUT2D eigenvalue weighted by molar-refractivity contribution is 5.61. The van der Waals surface area contributed by atoms with Crippen LogP contribution >= 0.6 is 0 Å². The Morgan fingerprint density at radius 3 is 2.88 bits per heavy atom. The van der Waals surface area contributed by atoms with Crippen molar-refractivity contribution in [2.24, 2.45) is 0 Å². The Kier molecular flexibility index (Phi) is 3.15. The summed E-state index contributed by atoms with van der Waals surface area (Å²) < 4.78 is 13.8. The Morgan fingerprint density at radius 2 is 2.25 bits per heavy atom. The van der Waals surface area contributed by atoms with Gasteiger partial charge in [0.25, 0.3) is 0 Å². The Labute approximate surface area is 95.7 Å². The first kappa shape index (κ1) is 11.4. The van der Waals surface area contributed by atoms with E-state index in [4.69, 9.17) is 5.11 Å². The highest BCUT2D eigenvalue weighted by Gasteiger charge is 2.31. The molecular weight excluding hydrogens is 205 g/mol. The molecule has 0 saturated carbocycles. The van der Waals surface area contributed by atoms with Crippen molar-refractivity contribution in [1.82, 2.24) is 0 Å². The minimum Gasteiger partial charge on any atom is -0.396 e. The molecule has 88 valence electrons. The van der Waals surface area contributed by atoms with Gasteiger partial charge in [0.1, 0.15) is 5.82 Å². The van der Waals surface area contributed by atoms with Crippen molar-refractivity contribution < 1.29 is 9.50 Å². The number of anilines is 1.